The molecule has 2 nitrogen and oxygen atoms in total. The second kappa shape index (κ2) is 6.23. The molecule has 15 heavy (non-hydrogen) atoms. The average Bonchev–Trinajstić information content (AvgIpc) is 2.29. The Morgan fingerprint density at radius 1 is 1.27 bits per heavy atom. The highest BCUT2D eigenvalue weighted by Gasteiger charge is 2.11. The van der Waals surface area contributed by atoms with Crippen molar-refractivity contribution >= 4 is 5.91 Å². The summed E-state index contributed by atoms with van der Waals surface area (Å²) >= 11 is 0. The topological polar surface area (TPSA) is 29.1 Å². The third-order valence-corrected chi connectivity index (χ3v) is 2.44. The highest BCUT2D eigenvalue weighted by molar-refractivity contribution is 5.76. The van der Waals surface area contributed by atoms with E-state index in [1.807, 2.05) is 25.1 Å². The van der Waals surface area contributed by atoms with Crippen LogP contribution in [0.3, 0.4) is 0 Å². The van der Waals surface area contributed by atoms with Gasteiger partial charge in [-0.05, 0) is 12.0 Å². The van der Waals surface area contributed by atoms with Crippen LogP contribution < -0.4 is 5.32 Å². The van der Waals surface area contributed by atoms with Gasteiger partial charge in [0.25, 0.3) is 0 Å². The molecule has 0 fully saturated rings. The number of benzene rings is 1. The molecule has 82 valence electrons. The smallest absolute Gasteiger partial charge is 0.220 e. The summed E-state index contributed by atoms with van der Waals surface area (Å²) in [7, 11) is 0. The molecule has 0 aromatic heterocycles. The Balaban J connectivity index is 2.70. The molecule has 0 bridgehead atoms. The molecule has 1 N–H and O–H groups in total. The van der Waals surface area contributed by atoms with E-state index in [0.717, 1.165) is 12.8 Å². The van der Waals surface area contributed by atoms with Gasteiger partial charge < -0.3 is 5.32 Å². The number of carbonyl (C=O) groups excluding carboxylic acids is 1. The van der Waals surface area contributed by atoms with Gasteiger partial charge in [-0.25, -0.2) is 0 Å². The van der Waals surface area contributed by atoms with Crippen molar-refractivity contribution in [3.63, 3.8) is 0 Å². The molecule has 1 rings (SSSR count). The van der Waals surface area contributed by atoms with Gasteiger partial charge in [-0.2, -0.15) is 0 Å². The molecule has 0 saturated carbocycles. The Hall–Kier alpha value is -1.31. The zero-order valence-electron chi connectivity index (χ0n) is 9.49. The molecule has 0 spiro atoms. The average molecular weight is 205 g/mol. The lowest BCUT2D eigenvalue weighted by Gasteiger charge is -2.18. The van der Waals surface area contributed by atoms with E-state index in [0.29, 0.717) is 6.42 Å². The first-order valence-corrected chi connectivity index (χ1v) is 5.62. The van der Waals surface area contributed by atoms with Gasteiger partial charge in [0, 0.05) is 6.42 Å². The molecule has 0 aliphatic rings. The maximum absolute atomic E-state index is 11.4. The normalized spacial score (nSPS) is 12.1. The van der Waals surface area contributed by atoms with Gasteiger partial charge in [-0.3, -0.25) is 4.79 Å². The second-order valence-electron chi connectivity index (χ2n) is 3.67. The number of hydrogen-bond acceptors (Lipinski definition) is 1. The quantitative estimate of drug-likeness (QED) is 0.786. The zero-order chi connectivity index (χ0) is 11.1. The first-order chi connectivity index (χ1) is 7.27. The van der Waals surface area contributed by atoms with Gasteiger partial charge in [0.15, 0.2) is 0 Å². The first kappa shape index (κ1) is 11.8. The molecule has 1 aromatic carbocycles. The molecular formula is C13H19NO. The fraction of sp³-hybridized carbons (Fsp3) is 0.462. The number of amides is 1. The van der Waals surface area contributed by atoms with Crippen LogP contribution in [0.1, 0.15) is 44.7 Å². The van der Waals surface area contributed by atoms with Gasteiger partial charge >= 0.3 is 0 Å². The van der Waals surface area contributed by atoms with E-state index in [4.69, 9.17) is 0 Å². The highest BCUT2D eigenvalue weighted by atomic mass is 16.1. The molecular weight excluding hydrogens is 186 g/mol. The van der Waals surface area contributed by atoms with Crippen LogP contribution >= 0.6 is 0 Å². The summed E-state index contributed by atoms with van der Waals surface area (Å²) in [6.45, 7) is 4.01. The fourth-order valence-corrected chi connectivity index (χ4v) is 1.59. The van der Waals surface area contributed by atoms with Gasteiger partial charge in [-0.15, -0.1) is 0 Å². The number of rotatable bonds is 5. The van der Waals surface area contributed by atoms with E-state index in [2.05, 4.69) is 24.4 Å². The van der Waals surface area contributed by atoms with Crippen LogP contribution in [0.4, 0.5) is 0 Å². The highest BCUT2D eigenvalue weighted by Crippen LogP contribution is 2.17. The summed E-state index contributed by atoms with van der Waals surface area (Å²) in [4.78, 5) is 11.4. The monoisotopic (exact) mass is 205 g/mol. The molecule has 1 amide bonds. The summed E-state index contributed by atoms with van der Waals surface area (Å²) in [6, 6.07) is 10.3. The van der Waals surface area contributed by atoms with E-state index in [9.17, 15) is 4.79 Å². The largest absolute Gasteiger partial charge is 0.349 e. The molecule has 0 aliphatic heterocycles. The summed E-state index contributed by atoms with van der Waals surface area (Å²) in [6.07, 6.45) is 2.62. The second-order valence-corrected chi connectivity index (χ2v) is 3.67. The Bertz CT molecular complexity index is 295. The van der Waals surface area contributed by atoms with Crippen LogP contribution in [-0.4, -0.2) is 5.91 Å². The lowest BCUT2D eigenvalue weighted by Crippen LogP contribution is -2.27. The summed E-state index contributed by atoms with van der Waals surface area (Å²) in [5, 5.41) is 3.04. The van der Waals surface area contributed by atoms with E-state index in [1.165, 1.54) is 5.56 Å². The first-order valence-electron chi connectivity index (χ1n) is 5.62. The fourth-order valence-electron chi connectivity index (χ4n) is 1.59. The minimum absolute atomic E-state index is 0.123. The third-order valence-electron chi connectivity index (χ3n) is 2.44. The molecule has 1 aromatic rings. The number of nitrogens with one attached hydrogen (secondary N) is 1. The van der Waals surface area contributed by atoms with E-state index >= 15 is 0 Å². The van der Waals surface area contributed by atoms with E-state index < -0.39 is 0 Å². The predicted molar refractivity (Wildman–Crippen MR) is 62.5 cm³/mol. The third kappa shape index (κ3) is 3.74. The van der Waals surface area contributed by atoms with E-state index in [1.54, 1.807) is 0 Å². The standard InChI is InChI=1S/C13H19NO/c1-3-8-12(14-13(15)4-2)11-9-6-5-7-10-11/h5-7,9-10,12H,3-4,8H2,1-2H3,(H,14,15)/t12-/m0/s1. The van der Waals surface area contributed by atoms with Crippen molar-refractivity contribution in [3.8, 4) is 0 Å². The van der Waals surface area contributed by atoms with Crippen LogP contribution in [0.25, 0.3) is 0 Å². The summed E-state index contributed by atoms with van der Waals surface area (Å²) < 4.78 is 0. The maximum atomic E-state index is 11.4. The van der Waals surface area contributed by atoms with Gasteiger partial charge in [-0.1, -0.05) is 50.6 Å². The van der Waals surface area contributed by atoms with Crippen LogP contribution in [0.2, 0.25) is 0 Å². The van der Waals surface area contributed by atoms with Crippen molar-refractivity contribution in [2.75, 3.05) is 0 Å². The van der Waals surface area contributed by atoms with E-state index in [-0.39, 0.29) is 11.9 Å². The molecule has 0 saturated heterocycles. The minimum atomic E-state index is 0.123. The molecule has 1 atom stereocenters. The Labute approximate surface area is 91.7 Å². The van der Waals surface area contributed by atoms with Crippen molar-refractivity contribution in [3.05, 3.63) is 35.9 Å². The predicted octanol–water partition coefficient (Wildman–Crippen LogP) is 3.05. The van der Waals surface area contributed by atoms with Gasteiger partial charge in [0.1, 0.15) is 0 Å². The van der Waals surface area contributed by atoms with Crippen molar-refractivity contribution < 1.29 is 4.79 Å². The Morgan fingerprint density at radius 3 is 2.47 bits per heavy atom. The zero-order valence-corrected chi connectivity index (χ0v) is 9.49. The molecule has 0 unspecified atom stereocenters. The molecule has 0 aliphatic carbocycles. The number of hydrogen-bond donors (Lipinski definition) is 1. The van der Waals surface area contributed by atoms with Crippen LogP contribution in [0.5, 0.6) is 0 Å². The van der Waals surface area contributed by atoms with Crippen LogP contribution in [0.15, 0.2) is 30.3 Å². The SMILES string of the molecule is CCC[C@H](NC(=O)CC)c1ccccc1. The van der Waals surface area contributed by atoms with Crippen molar-refractivity contribution in [2.24, 2.45) is 0 Å². The Kier molecular flexibility index (Phi) is 4.88. The minimum Gasteiger partial charge on any atom is -0.349 e. The molecule has 0 radical (unpaired) electrons. The van der Waals surface area contributed by atoms with Crippen LogP contribution in [0, 0.1) is 0 Å². The van der Waals surface area contributed by atoms with Crippen LogP contribution in [-0.2, 0) is 4.79 Å². The molecule has 0 heterocycles. The lowest BCUT2D eigenvalue weighted by molar-refractivity contribution is -0.121. The number of carbonyl (C=O) groups is 1. The van der Waals surface area contributed by atoms with Crippen molar-refractivity contribution in [1.82, 2.24) is 5.32 Å². The summed E-state index contributed by atoms with van der Waals surface area (Å²) in [5.41, 5.74) is 1.20. The van der Waals surface area contributed by atoms with Gasteiger partial charge in [0.05, 0.1) is 6.04 Å². The Morgan fingerprint density at radius 2 is 1.93 bits per heavy atom. The van der Waals surface area contributed by atoms with Gasteiger partial charge in [0.2, 0.25) is 5.91 Å². The van der Waals surface area contributed by atoms with Crippen molar-refractivity contribution in [2.45, 2.75) is 39.2 Å². The van der Waals surface area contributed by atoms with Crippen molar-refractivity contribution in [1.29, 1.82) is 0 Å². The summed E-state index contributed by atoms with van der Waals surface area (Å²) in [5.74, 6) is 0.123. The maximum Gasteiger partial charge on any atom is 0.220 e. The lowest BCUT2D eigenvalue weighted by atomic mass is 10.0. The molecule has 2 heteroatoms.